The summed E-state index contributed by atoms with van der Waals surface area (Å²) in [5.74, 6) is 0. The van der Waals surface area contributed by atoms with E-state index in [1.165, 1.54) is 0 Å². The van der Waals surface area contributed by atoms with Crippen molar-refractivity contribution in [2.45, 2.75) is 44.8 Å². The standard InChI is InChI=1S/C14H26N2O5S/c1-13(2,3)21-12(17)15-7-8-16(14(11-15)5-6-14)9-10-20-22(4,18)19/h5-11H2,1-4H3. The van der Waals surface area contributed by atoms with E-state index in [1.807, 2.05) is 20.8 Å². The number of hydrogen-bond donors (Lipinski definition) is 0. The quantitative estimate of drug-likeness (QED) is 0.715. The summed E-state index contributed by atoms with van der Waals surface area (Å²) >= 11 is 0. The highest BCUT2D eigenvalue weighted by molar-refractivity contribution is 7.85. The Morgan fingerprint density at radius 2 is 1.86 bits per heavy atom. The zero-order valence-electron chi connectivity index (χ0n) is 13.8. The lowest BCUT2D eigenvalue weighted by molar-refractivity contribution is -0.00252. The molecule has 0 aromatic rings. The minimum absolute atomic E-state index is 0.0178. The van der Waals surface area contributed by atoms with E-state index in [0.717, 1.165) is 19.1 Å². The third kappa shape index (κ3) is 4.82. The molecule has 8 heteroatoms. The van der Waals surface area contributed by atoms with Crippen LogP contribution in [-0.4, -0.2) is 74.5 Å². The van der Waals surface area contributed by atoms with E-state index < -0.39 is 15.7 Å². The van der Waals surface area contributed by atoms with Gasteiger partial charge in [0.05, 0.1) is 12.9 Å². The molecule has 1 aliphatic heterocycles. The van der Waals surface area contributed by atoms with Gasteiger partial charge in [0.1, 0.15) is 5.60 Å². The second-order valence-electron chi connectivity index (χ2n) is 7.14. The average molecular weight is 334 g/mol. The van der Waals surface area contributed by atoms with Crippen molar-refractivity contribution in [3.05, 3.63) is 0 Å². The fraction of sp³-hybridized carbons (Fsp3) is 0.929. The van der Waals surface area contributed by atoms with Crippen LogP contribution in [0.5, 0.6) is 0 Å². The largest absolute Gasteiger partial charge is 0.444 e. The van der Waals surface area contributed by atoms with Gasteiger partial charge in [-0.05, 0) is 33.6 Å². The van der Waals surface area contributed by atoms with Crippen molar-refractivity contribution in [3.63, 3.8) is 0 Å². The molecule has 128 valence electrons. The summed E-state index contributed by atoms with van der Waals surface area (Å²) in [7, 11) is -3.40. The van der Waals surface area contributed by atoms with Gasteiger partial charge in [0.2, 0.25) is 0 Å². The smallest absolute Gasteiger partial charge is 0.410 e. The van der Waals surface area contributed by atoms with Gasteiger partial charge in [-0.3, -0.25) is 9.08 Å². The molecule has 2 rings (SSSR count). The molecule has 2 aliphatic rings. The number of carbonyl (C=O) groups excluding carboxylic acids is 1. The summed E-state index contributed by atoms with van der Waals surface area (Å²) in [6.07, 6.45) is 2.82. The molecule has 7 nitrogen and oxygen atoms in total. The lowest BCUT2D eigenvalue weighted by atomic mass is 10.1. The zero-order chi connectivity index (χ0) is 16.6. The first-order valence-electron chi connectivity index (χ1n) is 7.58. The Hall–Kier alpha value is -0.860. The van der Waals surface area contributed by atoms with Crippen LogP contribution in [0.3, 0.4) is 0 Å². The minimum Gasteiger partial charge on any atom is -0.444 e. The van der Waals surface area contributed by atoms with Gasteiger partial charge in [0, 0.05) is 31.7 Å². The van der Waals surface area contributed by atoms with E-state index in [4.69, 9.17) is 8.92 Å². The van der Waals surface area contributed by atoms with Gasteiger partial charge in [-0.25, -0.2) is 4.79 Å². The first-order valence-corrected chi connectivity index (χ1v) is 9.40. The molecule has 0 N–H and O–H groups in total. The lowest BCUT2D eigenvalue weighted by Gasteiger charge is -2.42. The van der Waals surface area contributed by atoms with Gasteiger partial charge in [-0.2, -0.15) is 8.42 Å². The maximum absolute atomic E-state index is 12.2. The van der Waals surface area contributed by atoms with Crippen molar-refractivity contribution in [3.8, 4) is 0 Å². The van der Waals surface area contributed by atoms with Crippen LogP contribution >= 0.6 is 0 Å². The van der Waals surface area contributed by atoms with E-state index >= 15 is 0 Å². The van der Waals surface area contributed by atoms with Crippen molar-refractivity contribution in [2.24, 2.45) is 0 Å². The first-order chi connectivity index (χ1) is 10.0. The molecule has 1 spiro atoms. The van der Waals surface area contributed by atoms with Gasteiger partial charge in [0.25, 0.3) is 10.1 Å². The predicted octanol–water partition coefficient (Wildman–Crippen LogP) is 1.05. The molecule has 1 saturated carbocycles. The molecule has 1 heterocycles. The summed E-state index contributed by atoms with van der Waals surface area (Å²) in [6.45, 7) is 8.24. The second kappa shape index (κ2) is 5.98. The van der Waals surface area contributed by atoms with Crippen LogP contribution in [0.15, 0.2) is 0 Å². The predicted molar refractivity (Wildman–Crippen MR) is 82.1 cm³/mol. The molecule has 1 amide bonds. The van der Waals surface area contributed by atoms with Crippen LogP contribution in [0.25, 0.3) is 0 Å². The highest BCUT2D eigenvalue weighted by Crippen LogP contribution is 2.44. The Kier molecular flexibility index (Phi) is 4.75. The van der Waals surface area contributed by atoms with Crippen LogP contribution in [0.2, 0.25) is 0 Å². The summed E-state index contributed by atoms with van der Waals surface area (Å²) < 4.78 is 32.3. The van der Waals surface area contributed by atoms with Crippen LogP contribution in [-0.2, 0) is 19.0 Å². The highest BCUT2D eigenvalue weighted by atomic mass is 32.2. The molecule has 0 aromatic carbocycles. The topological polar surface area (TPSA) is 76.2 Å². The molecule has 0 radical (unpaired) electrons. The number of nitrogens with zero attached hydrogens (tertiary/aromatic N) is 2. The molecule has 0 unspecified atom stereocenters. The molecule has 1 aliphatic carbocycles. The number of rotatable bonds is 4. The Morgan fingerprint density at radius 1 is 1.23 bits per heavy atom. The molecular weight excluding hydrogens is 308 g/mol. The van der Waals surface area contributed by atoms with Crippen LogP contribution < -0.4 is 0 Å². The van der Waals surface area contributed by atoms with E-state index in [9.17, 15) is 13.2 Å². The number of hydrogen-bond acceptors (Lipinski definition) is 6. The van der Waals surface area contributed by atoms with Gasteiger partial charge in [0.15, 0.2) is 0 Å². The van der Waals surface area contributed by atoms with E-state index in [2.05, 4.69) is 4.90 Å². The minimum atomic E-state index is -3.40. The summed E-state index contributed by atoms with van der Waals surface area (Å²) in [5.41, 5.74) is -0.510. The summed E-state index contributed by atoms with van der Waals surface area (Å²) in [5, 5.41) is 0. The van der Waals surface area contributed by atoms with E-state index in [-0.39, 0.29) is 18.2 Å². The normalized spacial score (nSPS) is 21.9. The maximum Gasteiger partial charge on any atom is 0.410 e. The van der Waals surface area contributed by atoms with Crippen LogP contribution in [0, 0.1) is 0 Å². The lowest BCUT2D eigenvalue weighted by Crippen LogP contribution is -2.57. The molecule has 0 bridgehead atoms. The maximum atomic E-state index is 12.2. The van der Waals surface area contributed by atoms with E-state index in [0.29, 0.717) is 26.2 Å². The van der Waals surface area contributed by atoms with Crippen molar-refractivity contribution < 1.29 is 22.1 Å². The monoisotopic (exact) mass is 334 g/mol. The molecule has 0 atom stereocenters. The molecule has 2 fully saturated rings. The average Bonchev–Trinajstić information content (AvgIpc) is 3.08. The number of carbonyl (C=O) groups is 1. The van der Waals surface area contributed by atoms with Gasteiger partial charge in [-0.1, -0.05) is 0 Å². The first kappa shape index (κ1) is 17.5. The van der Waals surface area contributed by atoms with Gasteiger partial charge >= 0.3 is 6.09 Å². The number of piperazine rings is 1. The Labute approximate surface area is 132 Å². The molecular formula is C14H26N2O5S. The Morgan fingerprint density at radius 3 is 2.36 bits per heavy atom. The molecule has 0 aromatic heterocycles. The number of ether oxygens (including phenoxy) is 1. The van der Waals surface area contributed by atoms with Gasteiger partial charge in [-0.15, -0.1) is 0 Å². The SMILES string of the molecule is CC(C)(C)OC(=O)N1CCN(CCOS(C)(=O)=O)C2(CC2)C1. The summed E-state index contributed by atoms with van der Waals surface area (Å²) in [4.78, 5) is 16.2. The van der Waals surface area contributed by atoms with Crippen molar-refractivity contribution in [2.75, 3.05) is 39.0 Å². The third-order valence-corrected chi connectivity index (χ3v) is 4.53. The zero-order valence-corrected chi connectivity index (χ0v) is 14.6. The third-order valence-electron chi connectivity index (χ3n) is 3.93. The van der Waals surface area contributed by atoms with Crippen LogP contribution in [0.4, 0.5) is 4.79 Å². The van der Waals surface area contributed by atoms with Crippen molar-refractivity contribution in [1.29, 1.82) is 0 Å². The molecule has 22 heavy (non-hydrogen) atoms. The fourth-order valence-corrected chi connectivity index (χ4v) is 3.14. The van der Waals surface area contributed by atoms with Crippen molar-refractivity contribution >= 4 is 16.2 Å². The van der Waals surface area contributed by atoms with Gasteiger partial charge < -0.3 is 9.64 Å². The second-order valence-corrected chi connectivity index (χ2v) is 8.78. The summed E-state index contributed by atoms with van der Waals surface area (Å²) in [6, 6.07) is 0. The highest BCUT2D eigenvalue weighted by Gasteiger charge is 2.52. The fourth-order valence-electron chi connectivity index (χ4n) is 2.76. The number of amides is 1. The Balaban J connectivity index is 1.87. The van der Waals surface area contributed by atoms with Crippen molar-refractivity contribution in [1.82, 2.24) is 9.80 Å². The molecule has 1 saturated heterocycles. The van der Waals surface area contributed by atoms with Crippen LogP contribution in [0.1, 0.15) is 33.6 Å². The van der Waals surface area contributed by atoms with E-state index in [1.54, 1.807) is 4.90 Å². The Bertz CT molecular complexity index is 522.